The maximum Gasteiger partial charge on any atom is 0.305 e. The number of carboxylic acids is 1. The van der Waals surface area contributed by atoms with E-state index < -0.39 is 5.97 Å². The second-order valence-corrected chi connectivity index (χ2v) is 5.08. The van der Waals surface area contributed by atoms with Crippen LogP contribution in [0.5, 0.6) is 0 Å². The lowest BCUT2D eigenvalue weighted by molar-refractivity contribution is -0.138. The van der Waals surface area contributed by atoms with Crippen molar-refractivity contribution in [2.45, 2.75) is 12.8 Å². The van der Waals surface area contributed by atoms with Crippen molar-refractivity contribution in [3.05, 3.63) is 30.0 Å². The summed E-state index contributed by atoms with van der Waals surface area (Å²) in [4.78, 5) is 35.7. The van der Waals surface area contributed by atoms with Gasteiger partial charge in [0.05, 0.1) is 11.9 Å². The number of amides is 2. The zero-order chi connectivity index (χ0) is 16.8. The molecule has 0 bridgehead atoms. The molecule has 122 valence electrons. The summed E-state index contributed by atoms with van der Waals surface area (Å²) in [6.45, 7) is 0.308. The minimum atomic E-state index is -0.955. The van der Waals surface area contributed by atoms with Gasteiger partial charge in [-0.1, -0.05) is 18.2 Å². The summed E-state index contributed by atoms with van der Waals surface area (Å²) in [5.41, 5.74) is 1.05. The van der Waals surface area contributed by atoms with Gasteiger partial charge in [0.25, 0.3) is 5.91 Å². The van der Waals surface area contributed by atoms with Crippen molar-refractivity contribution >= 4 is 28.7 Å². The summed E-state index contributed by atoms with van der Waals surface area (Å²) in [6.07, 6.45) is -0.00191. The molecule has 0 aliphatic heterocycles. The van der Waals surface area contributed by atoms with E-state index >= 15 is 0 Å². The summed E-state index contributed by atoms with van der Waals surface area (Å²) in [5, 5.41) is 18.7. The minimum absolute atomic E-state index is 0.101. The van der Waals surface area contributed by atoms with Crippen molar-refractivity contribution < 1.29 is 19.5 Å². The largest absolute Gasteiger partial charge is 0.481 e. The van der Waals surface area contributed by atoms with E-state index in [0.29, 0.717) is 0 Å². The first-order chi connectivity index (χ1) is 11.0. The van der Waals surface area contributed by atoms with E-state index in [2.05, 4.69) is 15.5 Å². The van der Waals surface area contributed by atoms with Crippen LogP contribution < -0.4 is 5.32 Å². The molecule has 8 heteroatoms. The van der Waals surface area contributed by atoms with Gasteiger partial charge < -0.3 is 15.3 Å². The zero-order valence-electron chi connectivity index (χ0n) is 12.7. The lowest BCUT2D eigenvalue weighted by atomic mass is 10.2. The van der Waals surface area contributed by atoms with Crippen LogP contribution in [0.4, 0.5) is 0 Å². The Labute approximate surface area is 132 Å². The smallest absolute Gasteiger partial charge is 0.305 e. The number of H-pyrrole nitrogens is 1. The van der Waals surface area contributed by atoms with Crippen molar-refractivity contribution in [3.8, 4) is 0 Å². The van der Waals surface area contributed by atoms with E-state index in [0.717, 1.165) is 10.9 Å². The molecule has 0 radical (unpaired) electrons. The van der Waals surface area contributed by atoms with Gasteiger partial charge in [-0.2, -0.15) is 5.10 Å². The van der Waals surface area contributed by atoms with Gasteiger partial charge in [0.1, 0.15) is 0 Å². The van der Waals surface area contributed by atoms with Crippen LogP contribution in [0, 0.1) is 0 Å². The molecule has 0 saturated carbocycles. The van der Waals surface area contributed by atoms with Gasteiger partial charge in [0.2, 0.25) is 5.91 Å². The zero-order valence-corrected chi connectivity index (χ0v) is 12.7. The molecule has 0 aliphatic carbocycles. The molecule has 0 aliphatic rings. The van der Waals surface area contributed by atoms with Crippen LogP contribution in [0.1, 0.15) is 23.3 Å². The molecule has 0 saturated heterocycles. The van der Waals surface area contributed by atoms with Crippen LogP contribution in [0.2, 0.25) is 0 Å². The van der Waals surface area contributed by atoms with Gasteiger partial charge >= 0.3 is 5.97 Å². The number of aliphatic carboxylic acids is 1. The molecule has 1 heterocycles. The summed E-state index contributed by atoms with van der Waals surface area (Å²) < 4.78 is 0. The average molecular weight is 318 g/mol. The topological polar surface area (TPSA) is 115 Å². The molecule has 8 nitrogen and oxygen atoms in total. The van der Waals surface area contributed by atoms with Crippen LogP contribution in [0.25, 0.3) is 10.9 Å². The number of aromatic amines is 1. The molecule has 2 rings (SSSR count). The summed E-state index contributed by atoms with van der Waals surface area (Å²) in [6, 6.07) is 7.27. The first kappa shape index (κ1) is 16.5. The van der Waals surface area contributed by atoms with E-state index in [1.807, 2.05) is 18.2 Å². The number of para-hydroxylation sites is 1. The third-order valence-electron chi connectivity index (χ3n) is 3.40. The lowest BCUT2D eigenvalue weighted by Gasteiger charge is -2.15. The maximum atomic E-state index is 12.1. The highest BCUT2D eigenvalue weighted by Gasteiger charge is 2.15. The van der Waals surface area contributed by atoms with E-state index in [1.165, 1.54) is 11.9 Å². The quantitative estimate of drug-likeness (QED) is 0.692. The van der Waals surface area contributed by atoms with Crippen LogP contribution in [0.15, 0.2) is 24.3 Å². The number of nitrogens with one attached hydrogen (secondary N) is 2. The number of hydrogen-bond donors (Lipinski definition) is 3. The fourth-order valence-electron chi connectivity index (χ4n) is 2.08. The number of benzene rings is 1. The number of carboxylic acid groups (broad SMARTS) is 1. The Balaban J connectivity index is 1.83. The van der Waals surface area contributed by atoms with Crippen molar-refractivity contribution in [3.63, 3.8) is 0 Å². The summed E-state index contributed by atoms with van der Waals surface area (Å²) in [5.74, 6) is -1.54. The van der Waals surface area contributed by atoms with Gasteiger partial charge in [-0.15, -0.1) is 0 Å². The molecule has 0 atom stereocenters. The molecule has 0 unspecified atom stereocenters. The van der Waals surface area contributed by atoms with E-state index in [-0.39, 0.29) is 43.4 Å². The molecule has 2 aromatic rings. The highest BCUT2D eigenvalue weighted by atomic mass is 16.4. The molecule has 2 amide bonds. The van der Waals surface area contributed by atoms with Crippen LogP contribution in [-0.2, 0) is 9.59 Å². The van der Waals surface area contributed by atoms with Gasteiger partial charge in [-0.3, -0.25) is 19.5 Å². The SMILES string of the molecule is CN(CCC(=O)O)C(=O)CCNC(=O)c1n[nH]c2ccccc12. The van der Waals surface area contributed by atoms with E-state index in [1.54, 1.807) is 6.07 Å². The fraction of sp³-hybridized carbons (Fsp3) is 0.333. The first-order valence-corrected chi connectivity index (χ1v) is 7.16. The number of rotatable bonds is 7. The summed E-state index contributed by atoms with van der Waals surface area (Å²) >= 11 is 0. The fourth-order valence-corrected chi connectivity index (χ4v) is 2.08. The van der Waals surface area contributed by atoms with Crippen molar-refractivity contribution in [1.29, 1.82) is 0 Å². The Morgan fingerprint density at radius 3 is 2.74 bits per heavy atom. The Hall–Kier alpha value is -2.90. The number of hydrogen-bond acceptors (Lipinski definition) is 4. The predicted octanol–water partition coefficient (Wildman–Crippen LogP) is 0.616. The summed E-state index contributed by atoms with van der Waals surface area (Å²) in [7, 11) is 1.54. The Bertz CT molecular complexity index is 725. The Kier molecular flexibility index (Phi) is 5.29. The number of carbonyl (C=O) groups excluding carboxylic acids is 2. The minimum Gasteiger partial charge on any atom is -0.481 e. The number of fused-ring (bicyclic) bond motifs is 1. The van der Waals surface area contributed by atoms with Gasteiger partial charge in [0.15, 0.2) is 5.69 Å². The predicted molar refractivity (Wildman–Crippen MR) is 82.9 cm³/mol. The highest BCUT2D eigenvalue weighted by molar-refractivity contribution is 6.04. The van der Waals surface area contributed by atoms with Crippen LogP contribution >= 0.6 is 0 Å². The van der Waals surface area contributed by atoms with Crippen molar-refractivity contribution in [1.82, 2.24) is 20.4 Å². The monoisotopic (exact) mass is 318 g/mol. The number of nitrogens with zero attached hydrogens (tertiary/aromatic N) is 2. The molecular weight excluding hydrogens is 300 g/mol. The molecule has 3 N–H and O–H groups in total. The lowest BCUT2D eigenvalue weighted by Crippen LogP contribution is -2.33. The molecule has 1 aromatic carbocycles. The third-order valence-corrected chi connectivity index (χ3v) is 3.40. The highest BCUT2D eigenvalue weighted by Crippen LogP contribution is 2.14. The average Bonchev–Trinajstić information content (AvgIpc) is 2.96. The van der Waals surface area contributed by atoms with Crippen LogP contribution in [-0.4, -0.2) is 58.1 Å². The van der Waals surface area contributed by atoms with Gasteiger partial charge in [-0.05, 0) is 6.07 Å². The first-order valence-electron chi connectivity index (χ1n) is 7.16. The molecule has 0 fully saturated rings. The number of carbonyl (C=O) groups is 3. The van der Waals surface area contributed by atoms with Crippen molar-refractivity contribution in [2.75, 3.05) is 20.1 Å². The Morgan fingerprint density at radius 2 is 2.00 bits per heavy atom. The molecular formula is C15H18N4O4. The maximum absolute atomic E-state index is 12.1. The third kappa shape index (κ3) is 4.29. The van der Waals surface area contributed by atoms with Crippen molar-refractivity contribution in [2.24, 2.45) is 0 Å². The van der Waals surface area contributed by atoms with Gasteiger partial charge in [0, 0.05) is 31.9 Å². The normalized spacial score (nSPS) is 10.5. The molecule has 1 aromatic heterocycles. The van der Waals surface area contributed by atoms with E-state index in [4.69, 9.17) is 5.11 Å². The van der Waals surface area contributed by atoms with Gasteiger partial charge in [-0.25, -0.2) is 0 Å². The second-order valence-electron chi connectivity index (χ2n) is 5.08. The Morgan fingerprint density at radius 1 is 1.26 bits per heavy atom. The standard InChI is InChI=1S/C15H18N4O4/c1-19(9-7-13(21)22)12(20)6-8-16-15(23)14-10-4-2-3-5-11(10)17-18-14/h2-5H,6-9H2,1H3,(H,16,23)(H,17,18)(H,21,22). The van der Waals surface area contributed by atoms with Crippen LogP contribution in [0.3, 0.4) is 0 Å². The van der Waals surface area contributed by atoms with E-state index in [9.17, 15) is 14.4 Å². The molecule has 23 heavy (non-hydrogen) atoms. The second kappa shape index (κ2) is 7.39. The number of aromatic nitrogens is 2. The molecule has 0 spiro atoms.